The first-order valence-corrected chi connectivity index (χ1v) is 7.83. The normalized spacial score (nSPS) is 37.9. The van der Waals surface area contributed by atoms with Crippen LogP contribution in [0.25, 0.3) is 0 Å². The van der Waals surface area contributed by atoms with Gasteiger partial charge in [-0.3, -0.25) is 9.59 Å². The zero-order chi connectivity index (χ0) is 16.1. The lowest BCUT2D eigenvalue weighted by molar-refractivity contribution is -0.174. The first-order valence-electron chi connectivity index (χ1n) is 7.83. The van der Waals surface area contributed by atoms with Crippen molar-refractivity contribution in [2.75, 3.05) is 6.54 Å². The van der Waals surface area contributed by atoms with Gasteiger partial charge in [0.15, 0.2) is 0 Å². The minimum atomic E-state index is -4.97. The number of carboxylic acids is 1. The molecular formula is C15H20F3NO3. The number of nitrogens with one attached hydrogen (secondary N) is 1. The zero-order valence-corrected chi connectivity index (χ0v) is 12.1. The molecule has 22 heavy (non-hydrogen) atoms. The van der Waals surface area contributed by atoms with Gasteiger partial charge < -0.3 is 10.4 Å². The third-order valence-electron chi connectivity index (χ3n) is 5.82. The lowest BCUT2D eigenvalue weighted by Gasteiger charge is -2.55. The van der Waals surface area contributed by atoms with Gasteiger partial charge >= 0.3 is 18.1 Å². The van der Waals surface area contributed by atoms with Crippen molar-refractivity contribution < 1.29 is 27.9 Å². The van der Waals surface area contributed by atoms with Crippen LogP contribution in [0.1, 0.15) is 32.1 Å². The molecule has 7 heteroatoms. The van der Waals surface area contributed by atoms with Crippen molar-refractivity contribution in [2.45, 2.75) is 38.3 Å². The second-order valence-corrected chi connectivity index (χ2v) is 7.16. The average molecular weight is 319 g/mol. The fourth-order valence-electron chi connectivity index (χ4n) is 5.32. The Morgan fingerprint density at radius 2 is 1.55 bits per heavy atom. The molecule has 1 atom stereocenters. The molecule has 0 aromatic heterocycles. The Morgan fingerprint density at radius 1 is 1.05 bits per heavy atom. The Bertz CT molecular complexity index is 449. The molecule has 0 heterocycles. The molecule has 0 spiro atoms. The minimum absolute atomic E-state index is 0.0983. The van der Waals surface area contributed by atoms with Crippen LogP contribution in [0.2, 0.25) is 0 Å². The average Bonchev–Trinajstić information content (AvgIpc) is 2.38. The van der Waals surface area contributed by atoms with E-state index in [-0.39, 0.29) is 5.92 Å². The van der Waals surface area contributed by atoms with Crippen LogP contribution in [0.4, 0.5) is 13.2 Å². The van der Waals surface area contributed by atoms with Gasteiger partial charge in [-0.15, -0.1) is 0 Å². The van der Waals surface area contributed by atoms with Gasteiger partial charge in [0.1, 0.15) is 0 Å². The zero-order valence-electron chi connectivity index (χ0n) is 12.1. The number of carbonyl (C=O) groups excluding carboxylic acids is 1. The molecule has 4 rings (SSSR count). The van der Waals surface area contributed by atoms with E-state index in [1.165, 1.54) is 6.42 Å². The van der Waals surface area contributed by atoms with Crippen molar-refractivity contribution in [1.29, 1.82) is 0 Å². The summed E-state index contributed by atoms with van der Waals surface area (Å²) < 4.78 is 36.8. The number of hydrogen-bond donors (Lipinski definition) is 2. The van der Waals surface area contributed by atoms with Gasteiger partial charge in [0.2, 0.25) is 0 Å². The number of rotatable bonds is 4. The largest absolute Gasteiger partial charge is 0.481 e. The van der Waals surface area contributed by atoms with Crippen molar-refractivity contribution in [2.24, 2.45) is 35.5 Å². The van der Waals surface area contributed by atoms with E-state index in [4.69, 9.17) is 0 Å². The number of hydrogen-bond acceptors (Lipinski definition) is 2. The SMILES string of the molecule is O=C(O)C(CNC(=O)C(F)(F)F)C1C2CC3CC(C2)CC1C3. The molecule has 4 aliphatic rings. The third kappa shape index (κ3) is 2.82. The molecule has 4 nitrogen and oxygen atoms in total. The first-order chi connectivity index (χ1) is 10.3. The molecule has 1 amide bonds. The van der Waals surface area contributed by atoms with Gasteiger partial charge in [-0.2, -0.15) is 13.2 Å². The van der Waals surface area contributed by atoms with E-state index in [0.717, 1.165) is 25.7 Å². The Labute approximate surface area is 126 Å². The van der Waals surface area contributed by atoms with E-state index >= 15 is 0 Å². The highest BCUT2D eigenvalue weighted by molar-refractivity contribution is 5.82. The summed E-state index contributed by atoms with van der Waals surface area (Å²) >= 11 is 0. The van der Waals surface area contributed by atoms with E-state index in [1.54, 1.807) is 5.32 Å². The standard InChI is InChI=1S/C15H20F3NO3/c16-15(17,18)14(22)19-6-11(13(20)21)12-9-2-7-1-8(4-9)5-10(12)3-7/h7-12H,1-6H2,(H,19,22)(H,20,21). The molecule has 0 saturated heterocycles. The summed E-state index contributed by atoms with van der Waals surface area (Å²) in [6.45, 7) is -0.430. The Hall–Kier alpha value is -1.27. The van der Waals surface area contributed by atoms with Crippen LogP contribution in [0, 0.1) is 35.5 Å². The highest BCUT2D eigenvalue weighted by Gasteiger charge is 2.52. The number of halogens is 3. The second kappa shape index (κ2) is 5.42. The molecular weight excluding hydrogens is 299 g/mol. The van der Waals surface area contributed by atoms with Crippen LogP contribution in [0.15, 0.2) is 0 Å². The lowest BCUT2D eigenvalue weighted by Crippen LogP contribution is -2.52. The predicted octanol–water partition coefficient (Wildman–Crippen LogP) is 2.44. The Balaban J connectivity index is 1.69. The van der Waals surface area contributed by atoms with Crippen LogP contribution >= 0.6 is 0 Å². The van der Waals surface area contributed by atoms with Crippen molar-refractivity contribution in [1.82, 2.24) is 5.32 Å². The maximum absolute atomic E-state index is 12.3. The summed E-state index contributed by atoms with van der Waals surface area (Å²) in [5.41, 5.74) is 0. The molecule has 1 unspecified atom stereocenters. The number of carboxylic acid groups (broad SMARTS) is 1. The molecule has 4 bridgehead atoms. The van der Waals surface area contributed by atoms with E-state index in [1.807, 2.05) is 0 Å². The molecule has 4 aliphatic carbocycles. The molecule has 124 valence electrons. The molecule has 0 aromatic rings. The quantitative estimate of drug-likeness (QED) is 0.836. The molecule has 2 N–H and O–H groups in total. The highest BCUT2D eigenvalue weighted by Crippen LogP contribution is 2.58. The Morgan fingerprint density at radius 3 is 1.95 bits per heavy atom. The van der Waals surface area contributed by atoms with E-state index in [2.05, 4.69) is 0 Å². The summed E-state index contributed by atoms with van der Waals surface area (Å²) in [7, 11) is 0. The second-order valence-electron chi connectivity index (χ2n) is 7.16. The molecule has 4 fully saturated rings. The van der Waals surface area contributed by atoms with E-state index in [0.29, 0.717) is 23.7 Å². The van der Waals surface area contributed by atoms with Crippen LogP contribution in [0.3, 0.4) is 0 Å². The molecule has 0 radical (unpaired) electrons. The van der Waals surface area contributed by atoms with Crippen molar-refractivity contribution in [3.8, 4) is 0 Å². The van der Waals surface area contributed by atoms with Gasteiger partial charge in [-0.25, -0.2) is 0 Å². The fraction of sp³-hybridized carbons (Fsp3) is 0.867. The number of amides is 1. The van der Waals surface area contributed by atoms with Crippen molar-refractivity contribution in [3.63, 3.8) is 0 Å². The van der Waals surface area contributed by atoms with Crippen LogP contribution in [0.5, 0.6) is 0 Å². The van der Waals surface area contributed by atoms with Crippen molar-refractivity contribution in [3.05, 3.63) is 0 Å². The molecule has 0 aromatic carbocycles. The lowest BCUT2D eigenvalue weighted by atomic mass is 9.49. The number of aliphatic carboxylic acids is 1. The van der Waals surface area contributed by atoms with Crippen LogP contribution in [-0.2, 0) is 9.59 Å². The Kier molecular flexibility index (Phi) is 3.85. The smallest absolute Gasteiger partial charge is 0.471 e. The van der Waals surface area contributed by atoms with E-state index in [9.17, 15) is 27.9 Å². The van der Waals surface area contributed by atoms with Gasteiger partial charge in [-0.1, -0.05) is 0 Å². The van der Waals surface area contributed by atoms with Gasteiger partial charge in [0.05, 0.1) is 5.92 Å². The maximum Gasteiger partial charge on any atom is 0.471 e. The summed E-state index contributed by atoms with van der Waals surface area (Å²) in [5, 5.41) is 11.2. The maximum atomic E-state index is 12.3. The van der Waals surface area contributed by atoms with Crippen molar-refractivity contribution >= 4 is 11.9 Å². The molecule has 0 aliphatic heterocycles. The van der Waals surface area contributed by atoms with Crippen LogP contribution < -0.4 is 5.32 Å². The third-order valence-corrected chi connectivity index (χ3v) is 5.82. The number of alkyl halides is 3. The summed E-state index contributed by atoms with van der Waals surface area (Å²) in [6.07, 6.45) is 0.238. The highest BCUT2D eigenvalue weighted by atomic mass is 19.4. The molecule has 4 saturated carbocycles. The van der Waals surface area contributed by atoms with E-state index < -0.39 is 30.5 Å². The van der Waals surface area contributed by atoms with Gasteiger partial charge in [-0.05, 0) is 61.7 Å². The number of carbonyl (C=O) groups is 2. The predicted molar refractivity (Wildman–Crippen MR) is 70.7 cm³/mol. The van der Waals surface area contributed by atoms with Gasteiger partial charge in [0, 0.05) is 6.54 Å². The van der Waals surface area contributed by atoms with Gasteiger partial charge in [0.25, 0.3) is 0 Å². The summed E-state index contributed by atoms with van der Waals surface area (Å²) in [4.78, 5) is 22.5. The first kappa shape index (κ1) is 15.6. The summed E-state index contributed by atoms with van der Waals surface area (Å²) in [6, 6.07) is 0. The fourth-order valence-corrected chi connectivity index (χ4v) is 5.32. The monoisotopic (exact) mass is 319 g/mol. The minimum Gasteiger partial charge on any atom is -0.481 e. The summed E-state index contributed by atoms with van der Waals surface area (Å²) in [5.74, 6) is -2.25. The topological polar surface area (TPSA) is 66.4 Å². The van der Waals surface area contributed by atoms with Crippen LogP contribution in [-0.4, -0.2) is 29.7 Å².